The number of nitro benzene ring substituents is 2. The highest BCUT2D eigenvalue weighted by Crippen LogP contribution is 2.26. The van der Waals surface area contributed by atoms with Crippen LogP contribution in [0.1, 0.15) is 29.6 Å². The molecule has 1 aromatic rings. The smallest absolute Gasteiger partial charge is 0.277 e. The van der Waals surface area contributed by atoms with E-state index < -0.39 is 21.2 Å². The predicted octanol–water partition coefficient (Wildman–Crippen LogP) is 1.81. The first-order valence-electron chi connectivity index (χ1n) is 7.93. The van der Waals surface area contributed by atoms with E-state index in [0.717, 1.165) is 44.1 Å². The minimum atomic E-state index is -0.719. The number of piperidine rings is 1. The number of hydrogen-bond acceptors (Lipinski definition) is 6. The average Bonchev–Trinajstić information content (AvgIpc) is 2.60. The quantitative estimate of drug-likeness (QED) is 0.616. The maximum atomic E-state index is 12.7. The van der Waals surface area contributed by atoms with Crippen LogP contribution in [0.4, 0.5) is 11.4 Å². The summed E-state index contributed by atoms with van der Waals surface area (Å²) in [6.07, 6.45) is 3.33. The van der Waals surface area contributed by atoms with E-state index in [9.17, 15) is 25.0 Å². The molecule has 2 saturated heterocycles. The second-order valence-electron chi connectivity index (χ2n) is 6.19. The summed E-state index contributed by atoms with van der Waals surface area (Å²) in [5, 5.41) is 21.9. The third-order valence-electron chi connectivity index (χ3n) is 4.70. The van der Waals surface area contributed by atoms with Gasteiger partial charge in [0.05, 0.1) is 21.5 Å². The zero-order chi connectivity index (χ0) is 17.3. The zero-order valence-corrected chi connectivity index (χ0v) is 13.1. The Morgan fingerprint density at radius 1 is 1.00 bits per heavy atom. The van der Waals surface area contributed by atoms with Crippen molar-refractivity contribution in [1.29, 1.82) is 0 Å². The summed E-state index contributed by atoms with van der Waals surface area (Å²) in [4.78, 5) is 37.2. The number of fused-ring (bicyclic) bond motifs is 1. The first kappa shape index (κ1) is 16.3. The number of rotatable bonds is 3. The molecule has 1 unspecified atom stereocenters. The van der Waals surface area contributed by atoms with Gasteiger partial charge in [-0.2, -0.15) is 0 Å². The summed E-state index contributed by atoms with van der Waals surface area (Å²) >= 11 is 0. The summed E-state index contributed by atoms with van der Waals surface area (Å²) < 4.78 is 0. The Hall–Kier alpha value is -2.55. The number of nitrogens with zero attached hydrogens (tertiary/aromatic N) is 4. The Morgan fingerprint density at radius 3 is 2.29 bits per heavy atom. The van der Waals surface area contributed by atoms with Crippen molar-refractivity contribution in [3.8, 4) is 0 Å². The van der Waals surface area contributed by atoms with Gasteiger partial charge in [-0.1, -0.05) is 6.42 Å². The number of nitro groups is 2. The Labute approximate surface area is 138 Å². The second-order valence-corrected chi connectivity index (χ2v) is 6.19. The number of benzene rings is 1. The van der Waals surface area contributed by atoms with Crippen LogP contribution in [0.3, 0.4) is 0 Å². The van der Waals surface area contributed by atoms with Crippen LogP contribution in [0.15, 0.2) is 18.2 Å². The van der Waals surface area contributed by atoms with Crippen molar-refractivity contribution < 1.29 is 14.6 Å². The monoisotopic (exact) mass is 334 g/mol. The lowest BCUT2D eigenvalue weighted by Crippen LogP contribution is -2.56. The van der Waals surface area contributed by atoms with Crippen molar-refractivity contribution in [1.82, 2.24) is 9.80 Å². The molecule has 1 amide bonds. The summed E-state index contributed by atoms with van der Waals surface area (Å²) in [7, 11) is 0. The fourth-order valence-electron chi connectivity index (χ4n) is 3.45. The molecule has 128 valence electrons. The summed E-state index contributed by atoms with van der Waals surface area (Å²) in [5.74, 6) is -0.382. The van der Waals surface area contributed by atoms with Gasteiger partial charge in [-0.05, 0) is 19.4 Å². The van der Waals surface area contributed by atoms with Gasteiger partial charge in [0.2, 0.25) is 0 Å². The van der Waals surface area contributed by atoms with Crippen molar-refractivity contribution in [3.63, 3.8) is 0 Å². The Morgan fingerprint density at radius 2 is 1.67 bits per heavy atom. The highest BCUT2D eigenvalue weighted by atomic mass is 16.6. The minimum absolute atomic E-state index is 0.000148. The minimum Gasteiger partial charge on any atom is -0.336 e. The van der Waals surface area contributed by atoms with Gasteiger partial charge < -0.3 is 4.90 Å². The first-order chi connectivity index (χ1) is 11.5. The van der Waals surface area contributed by atoms with Crippen LogP contribution in [-0.2, 0) is 0 Å². The molecule has 3 rings (SSSR count). The number of carbonyl (C=O) groups excluding carboxylic acids is 1. The van der Waals surface area contributed by atoms with Gasteiger partial charge >= 0.3 is 0 Å². The standard InChI is InChI=1S/C15H18N4O5/c20-15(17-6-5-16-4-2-1-3-12(16)10-17)11-7-13(18(21)22)9-14(8-11)19(23)24/h7-9,12H,1-6,10H2. The number of amides is 1. The van der Waals surface area contributed by atoms with Crippen LogP contribution in [0.2, 0.25) is 0 Å². The molecule has 9 nitrogen and oxygen atoms in total. The van der Waals surface area contributed by atoms with Crippen LogP contribution in [0, 0.1) is 20.2 Å². The molecule has 0 N–H and O–H groups in total. The van der Waals surface area contributed by atoms with E-state index in [4.69, 9.17) is 0 Å². The molecular weight excluding hydrogens is 316 g/mol. The number of hydrogen-bond donors (Lipinski definition) is 0. The molecule has 0 aromatic heterocycles. The highest BCUT2D eigenvalue weighted by Gasteiger charge is 2.32. The zero-order valence-electron chi connectivity index (χ0n) is 13.1. The molecule has 0 saturated carbocycles. The van der Waals surface area contributed by atoms with Crippen LogP contribution >= 0.6 is 0 Å². The van der Waals surface area contributed by atoms with E-state index in [-0.39, 0.29) is 11.5 Å². The van der Waals surface area contributed by atoms with Gasteiger partial charge in [-0.25, -0.2) is 0 Å². The topological polar surface area (TPSA) is 110 Å². The van der Waals surface area contributed by atoms with Crippen molar-refractivity contribution in [2.24, 2.45) is 0 Å². The van der Waals surface area contributed by atoms with Gasteiger partial charge in [-0.3, -0.25) is 29.9 Å². The third-order valence-corrected chi connectivity index (χ3v) is 4.70. The normalized spacial score (nSPS) is 21.2. The van der Waals surface area contributed by atoms with Gasteiger partial charge in [0.25, 0.3) is 17.3 Å². The van der Waals surface area contributed by atoms with E-state index in [2.05, 4.69) is 4.90 Å². The van der Waals surface area contributed by atoms with E-state index in [1.807, 2.05) is 0 Å². The molecule has 2 aliphatic heterocycles. The Kier molecular flexibility index (Phi) is 4.43. The maximum Gasteiger partial charge on any atom is 0.277 e. The SMILES string of the molecule is O=C(c1cc([N+](=O)[O-])cc([N+](=O)[O-])c1)N1CCN2CCCCC2C1. The maximum absolute atomic E-state index is 12.7. The molecule has 0 spiro atoms. The number of piperazine rings is 1. The van der Waals surface area contributed by atoms with E-state index in [1.165, 1.54) is 6.42 Å². The van der Waals surface area contributed by atoms with Gasteiger partial charge in [-0.15, -0.1) is 0 Å². The van der Waals surface area contributed by atoms with Crippen molar-refractivity contribution in [2.75, 3.05) is 26.2 Å². The fraction of sp³-hybridized carbons (Fsp3) is 0.533. The lowest BCUT2D eigenvalue weighted by molar-refractivity contribution is -0.394. The molecule has 0 aliphatic carbocycles. The summed E-state index contributed by atoms with van der Waals surface area (Å²) in [5.41, 5.74) is -0.882. The fourth-order valence-corrected chi connectivity index (χ4v) is 3.45. The van der Waals surface area contributed by atoms with Crippen LogP contribution in [0.25, 0.3) is 0 Å². The molecule has 2 fully saturated rings. The lowest BCUT2D eigenvalue weighted by atomic mass is 9.99. The summed E-state index contributed by atoms with van der Waals surface area (Å²) in [6.45, 7) is 2.91. The number of carbonyl (C=O) groups is 1. The second kappa shape index (κ2) is 6.52. The molecule has 2 aliphatic rings. The highest BCUT2D eigenvalue weighted by molar-refractivity contribution is 5.95. The molecule has 1 atom stereocenters. The van der Waals surface area contributed by atoms with Gasteiger partial charge in [0.1, 0.15) is 0 Å². The van der Waals surface area contributed by atoms with Crippen molar-refractivity contribution in [2.45, 2.75) is 25.3 Å². The van der Waals surface area contributed by atoms with E-state index in [0.29, 0.717) is 19.1 Å². The molecule has 9 heteroatoms. The predicted molar refractivity (Wildman–Crippen MR) is 84.9 cm³/mol. The molecule has 0 bridgehead atoms. The molecular formula is C15H18N4O5. The Balaban J connectivity index is 1.84. The molecule has 2 heterocycles. The van der Waals surface area contributed by atoms with Crippen LogP contribution in [0.5, 0.6) is 0 Å². The van der Waals surface area contributed by atoms with Crippen LogP contribution in [-0.4, -0.2) is 57.8 Å². The van der Waals surface area contributed by atoms with E-state index >= 15 is 0 Å². The van der Waals surface area contributed by atoms with Crippen molar-refractivity contribution in [3.05, 3.63) is 44.0 Å². The summed E-state index contributed by atoms with van der Waals surface area (Å²) in [6, 6.07) is 3.41. The van der Waals surface area contributed by atoms with Gasteiger partial charge in [0.15, 0.2) is 0 Å². The van der Waals surface area contributed by atoms with Gasteiger partial charge in [0, 0.05) is 37.8 Å². The average molecular weight is 334 g/mol. The van der Waals surface area contributed by atoms with Crippen molar-refractivity contribution >= 4 is 17.3 Å². The third kappa shape index (κ3) is 3.21. The molecule has 0 radical (unpaired) electrons. The van der Waals surface area contributed by atoms with E-state index in [1.54, 1.807) is 4.90 Å². The largest absolute Gasteiger partial charge is 0.336 e. The molecule has 24 heavy (non-hydrogen) atoms. The number of non-ortho nitro benzene ring substituents is 2. The lowest BCUT2D eigenvalue weighted by Gasteiger charge is -2.44. The molecule has 1 aromatic carbocycles. The van der Waals surface area contributed by atoms with Crippen LogP contribution < -0.4 is 0 Å². The Bertz CT molecular complexity index is 660. The first-order valence-corrected chi connectivity index (χ1v) is 7.93.